The van der Waals surface area contributed by atoms with Crippen LogP contribution in [0, 0.1) is 17.2 Å². The Balaban J connectivity index is 1.80. The number of fused-ring (bicyclic) bond motifs is 1. The van der Waals surface area contributed by atoms with E-state index in [4.69, 9.17) is 0 Å². The smallest absolute Gasteiger partial charge is 0.150 e. The molecule has 1 N–H and O–H groups in total. The van der Waals surface area contributed by atoms with Gasteiger partial charge in [-0.1, -0.05) is 18.2 Å². The Bertz CT molecular complexity index is 824. The van der Waals surface area contributed by atoms with Crippen molar-refractivity contribution in [3.63, 3.8) is 0 Å². The molecule has 1 aliphatic heterocycles. The maximum Gasteiger partial charge on any atom is 0.150 e. The third kappa shape index (κ3) is 2.98. The van der Waals surface area contributed by atoms with Gasteiger partial charge >= 0.3 is 0 Å². The molecule has 0 spiro atoms. The van der Waals surface area contributed by atoms with Crippen molar-refractivity contribution in [2.24, 2.45) is 5.92 Å². The summed E-state index contributed by atoms with van der Waals surface area (Å²) < 4.78 is 22.9. The van der Waals surface area contributed by atoms with E-state index in [1.165, 1.54) is 0 Å². The van der Waals surface area contributed by atoms with Crippen LogP contribution in [0.2, 0.25) is 0 Å². The lowest BCUT2D eigenvalue weighted by atomic mass is 10.1. The van der Waals surface area contributed by atoms with Gasteiger partial charge in [-0.15, -0.1) is 0 Å². The molecule has 0 amide bonds. The zero-order chi connectivity index (χ0) is 14.9. The zero-order valence-corrected chi connectivity index (χ0v) is 12.2. The monoisotopic (exact) mass is 301 g/mol. The second-order valence-electron chi connectivity index (χ2n) is 5.33. The maximum absolute atomic E-state index is 11.4. The number of sulfone groups is 1. The van der Waals surface area contributed by atoms with Crippen molar-refractivity contribution >= 4 is 26.6 Å². The molecular weight excluding hydrogens is 286 g/mol. The maximum atomic E-state index is 11.4. The zero-order valence-electron chi connectivity index (χ0n) is 11.4. The number of pyridine rings is 1. The van der Waals surface area contributed by atoms with Crippen LogP contribution in [0.4, 0.5) is 5.82 Å². The number of hydrogen-bond acceptors (Lipinski definition) is 5. The largest absolute Gasteiger partial charge is 0.370 e. The van der Waals surface area contributed by atoms with Gasteiger partial charge in [-0.25, -0.2) is 13.4 Å². The number of benzene rings is 1. The molecule has 1 atom stereocenters. The van der Waals surface area contributed by atoms with Crippen LogP contribution >= 0.6 is 0 Å². The molecule has 6 heteroatoms. The Morgan fingerprint density at radius 2 is 2.19 bits per heavy atom. The number of anilines is 1. The van der Waals surface area contributed by atoms with Crippen molar-refractivity contribution in [1.29, 1.82) is 5.26 Å². The fraction of sp³-hybridized carbons (Fsp3) is 0.333. The van der Waals surface area contributed by atoms with Crippen LogP contribution in [-0.4, -0.2) is 31.5 Å². The summed E-state index contributed by atoms with van der Waals surface area (Å²) in [5, 5.41) is 13.2. The van der Waals surface area contributed by atoms with Crippen molar-refractivity contribution in [3.8, 4) is 6.07 Å². The molecule has 0 bridgehead atoms. The van der Waals surface area contributed by atoms with Gasteiger partial charge in [0.15, 0.2) is 9.84 Å². The first-order valence-corrected chi connectivity index (χ1v) is 8.64. The summed E-state index contributed by atoms with van der Waals surface area (Å²) in [6.45, 7) is 0.565. The van der Waals surface area contributed by atoms with Crippen molar-refractivity contribution in [3.05, 3.63) is 35.9 Å². The van der Waals surface area contributed by atoms with Gasteiger partial charge < -0.3 is 5.32 Å². The predicted molar refractivity (Wildman–Crippen MR) is 81.7 cm³/mol. The van der Waals surface area contributed by atoms with E-state index in [1.54, 1.807) is 6.07 Å². The first kappa shape index (κ1) is 13.8. The van der Waals surface area contributed by atoms with Gasteiger partial charge in [0.1, 0.15) is 5.82 Å². The lowest BCUT2D eigenvalue weighted by molar-refractivity contribution is 0.595. The quantitative estimate of drug-likeness (QED) is 0.937. The first-order valence-electron chi connectivity index (χ1n) is 6.81. The number of nitriles is 1. The van der Waals surface area contributed by atoms with E-state index < -0.39 is 9.84 Å². The first-order chi connectivity index (χ1) is 10.1. The van der Waals surface area contributed by atoms with Crippen LogP contribution in [0.1, 0.15) is 12.0 Å². The van der Waals surface area contributed by atoms with Gasteiger partial charge in [0.2, 0.25) is 0 Å². The number of aromatic nitrogens is 1. The normalized spacial score (nSPS) is 20.2. The Morgan fingerprint density at radius 3 is 2.90 bits per heavy atom. The summed E-state index contributed by atoms with van der Waals surface area (Å²) in [7, 11) is -2.86. The average molecular weight is 301 g/mol. The number of nitrogens with zero attached hydrogens (tertiary/aromatic N) is 2. The molecule has 2 aromatic rings. The number of rotatable bonds is 3. The molecule has 1 unspecified atom stereocenters. The molecule has 0 saturated carbocycles. The number of hydrogen-bond donors (Lipinski definition) is 1. The lowest BCUT2D eigenvalue weighted by Gasteiger charge is -2.11. The third-order valence-electron chi connectivity index (χ3n) is 3.74. The molecule has 1 fully saturated rings. The molecule has 1 saturated heterocycles. The second-order valence-corrected chi connectivity index (χ2v) is 7.56. The minimum Gasteiger partial charge on any atom is -0.370 e. The summed E-state index contributed by atoms with van der Waals surface area (Å²) >= 11 is 0. The van der Waals surface area contributed by atoms with Crippen LogP contribution in [-0.2, 0) is 9.84 Å². The fourth-order valence-corrected chi connectivity index (χ4v) is 4.50. The molecule has 1 aliphatic rings. The average Bonchev–Trinajstić information content (AvgIpc) is 2.83. The highest BCUT2D eigenvalue weighted by molar-refractivity contribution is 7.91. The van der Waals surface area contributed by atoms with Gasteiger partial charge in [-0.05, 0) is 24.5 Å². The molecule has 0 radical (unpaired) electrons. The highest BCUT2D eigenvalue weighted by Crippen LogP contribution is 2.22. The topological polar surface area (TPSA) is 82.9 Å². The number of nitrogens with one attached hydrogen (secondary N) is 1. The third-order valence-corrected chi connectivity index (χ3v) is 5.57. The van der Waals surface area contributed by atoms with E-state index in [2.05, 4.69) is 16.4 Å². The lowest BCUT2D eigenvalue weighted by Crippen LogP contribution is -2.16. The Labute approximate surface area is 123 Å². The van der Waals surface area contributed by atoms with Crippen molar-refractivity contribution in [2.45, 2.75) is 6.42 Å². The molecule has 1 aromatic carbocycles. The van der Waals surface area contributed by atoms with Crippen LogP contribution in [0.15, 0.2) is 30.3 Å². The van der Waals surface area contributed by atoms with E-state index in [1.807, 2.05) is 24.3 Å². The van der Waals surface area contributed by atoms with Crippen molar-refractivity contribution in [1.82, 2.24) is 4.98 Å². The summed E-state index contributed by atoms with van der Waals surface area (Å²) in [6, 6.07) is 11.4. The van der Waals surface area contributed by atoms with E-state index in [-0.39, 0.29) is 17.4 Å². The molecule has 5 nitrogen and oxygen atoms in total. The molecule has 3 rings (SSSR count). The molecule has 21 heavy (non-hydrogen) atoms. The highest BCUT2D eigenvalue weighted by Gasteiger charge is 2.27. The van der Waals surface area contributed by atoms with Crippen LogP contribution in [0.5, 0.6) is 0 Å². The Kier molecular flexibility index (Phi) is 3.52. The SMILES string of the molecule is N#Cc1cc(NCC2CCS(=O)(=O)C2)nc2ccccc12. The van der Waals surface area contributed by atoms with Crippen molar-refractivity contribution < 1.29 is 8.42 Å². The van der Waals surface area contributed by atoms with E-state index >= 15 is 0 Å². The van der Waals surface area contributed by atoms with E-state index in [0.29, 0.717) is 24.3 Å². The summed E-state index contributed by atoms with van der Waals surface area (Å²) in [5.41, 5.74) is 1.33. The number of para-hydroxylation sites is 1. The highest BCUT2D eigenvalue weighted by atomic mass is 32.2. The minimum atomic E-state index is -2.86. The van der Waals surface area contributed by atoms with E-state index in [0.717, 1.165) is 10.9 Å². The van der Waals surface area contributed by atoms with Gasteiger partial charge in [0.05, 0.1) is 28.7 Å². The summed E-state index contributed by atoms with van der Waals surface area (Å²) in [6.07, 6.45) is 0.689. The van der Waals surface area contributed by atoms with Crippen LogP contribution in [0.25, 0.3) is 10.9 Å². The Morgan fingerprint density at radius 1 is 1.38 bits per heavy atom. The molecule has 1 aromatic heterocycles. The second kappa shape index (κ2) is 5.34. The summed E-state index contributed by atoms with van der Waals surface area (Å²) in [4.78, 5) is 4.47. The predicted octanol–water partition coefficient (Wildman–Crippen LogP) is 1.95. The molecule has 0 aliphatic carbocycles. The van der Waals surface area contributed by atoms with Gasteiger partial charge in [-0.2, -0.15) is 5.26 Å². The standard InChI is InChI=1S/C15H15N3O2S/c16-8-12-7-15(18-14-4-2-1-3-13(12)14)17-9-11-5-6-21(19,20)10-11/h1-4,7,11H,5-6,9-10H2,(H,17,18). The molecular formula is C15H15N3O2S. The minimum absolute atomic E-state index is 0.119. The van der Waals surface area contributed by atoms with Gasteiger partial charge in [0, 0.05) is 11.9 Å². The van der Waals surface area contributed by atoms with Gasteiger partial charge in [-0.3, -0.25) is 0 Å². The van der Waals surface area contributed by atoms with Crippen LogP contribution in [0.3, 0.4) is 0 Å². The molecule has 108 valence electrons. The molecule has 2 heterocycles. The van der Waals surface area contributed by atoms with Crippen LogP contribution < -0.4 is 5.32 Å². The Hall–Kier alpha value is -2.13. The van der Waals surface area contributed by atoms with Gasteiger partial charge in [0.25, 0.3) is 0 Å². The fourth-order valence-electron chi connectivity index (χ4n) is 2.64. The van der Waals surface area contributed by atoms with E-state index in [9.17, 15) is 13.7 Å². The van der Waals surface area contributed by atoms with Crippen molar-refractivity contribution in [2.75, 3.05) is 23.4 Å². The summed E-state index contributed by atoms with van der Waals surface area (Å²) in [5.74, 6) is 1.25.